The van der Waals surface area contributed by atoms with Crippen molar-refractivity contribution in [3.8, 4) is 11.5 Å². The van der Waals surface area contributed by atoms with Gasteiger partial charge in [0.05, 0.1) is 20.3 Å². The van der Waals surface area contributed by atoms with Crippen LogP contribution in [-0.4, -0.2) is 31.7 Å². The van der Waals surface area contributed by atoms with Crippen LogP contribution in [0.1, 0.15) is 42.9 Å². The maximum Gasteiger partial charge on any atom is 0.322 e. The smallest absolute Gasteiger partial charge is 0.322 e. The van der Waals surface area contributed by atoms with Gasteiger partial charge in [0, 0.05) is 18.3 Å². The fourth-order valence-electron chi connectivity index (χ4n) is 3.68. The van der Waals surface area contributed by atoms with Crippen LogP contribution in [0.3, 0.4) is 0 Å². The predicted molar refractivity (Wildman–Crippen MR) is 108 cm³/mol. The molecule has 0 saturated carbocycles. The number of methoxy groups -OCH3 is 2. The number of aryl methyl sites for hydroxylation is 1. The van der Waals surface area contributed by atoms with Gasteiger partial charge in [-0.1, -0.05) is 42.7 Å². The summed E-state index contributed by atoms with van der Waals surface area (Å²) in [5.74, 6) is 1.24. The molecule has 0 aliphatic carbocycles. The molecule has 27 heavy (non-hydrogen) atoms. The van der Waals surface area contributed by atoms with Gasteiger partial charge in [-0.05, 0) is 37.5 Å². The number of hydrogen-bond donors (Lipinski definition) is 1. The second-order valence-electron chi connectivity index (χ2n) is 6.97. The number of nitrogens with one attached hydrogen (secondary N) is 1. The normalized spacial score (nSPS) is 17.1. The first-order valence-electron chi connectivity index (χ1n) is 9.48. The lowest BCUT2D eigenvalue weighted by Gasteiger charge is -2.31. The van der Waals surface area contributed by atoms with Gasteiger partial charge in [0.2, 0.25) is 0 Å². The van der Waals surface area contributed by atoms with Gasteiger partial charge in [-0.2, -0.15) is 0 Å². The van der Waals surface area contributed by atoms with Crippen molar-refractivity contribution < 1.29 is 14.3 Å². The fraction of sp³-hybridized carbons (Fsp3) is 0.409. The Labute approximate surface area is 161 Å². The van der Waals surface area contributed by atoms with Crippen molar-refractivity contribution >= 4 is 11.7 Å². The SMILES string of the molecule is COc1ccc(NC(=O)N2CCCCC[C@H]2c2cccc(C)c2)cc1OC. The molecule has 0 bridgehead atoms. The molecule has 1 heterocycles. The Morgan fingerprint density at radius 3 is 2.59 bits per heavy atom. The van der Waals surface area contributed by atoms with E-state index >= 15 is 0 Å². The molecule has 1 N–H and O–H groups in total. The summed E-state index contributed by atoms with van der Waals surface area (Å²) in [4.78, 5) is 15.1. The van der Waals surface area contributed by atoms with E-state index in [4.69, 9.17) is 9.47 Å². The minimum absolute atomic E-state index is 0.0735. The first-order valence-corrected chi connectivity index (χ1v) is 9.48. The molecule has 0 unspecified atom stereocenters. The molecule has 0 aromatic heterocycles. The average Bonchev–Trinajstić information content (AvgIpc) is 2.94. The van der Waals surface area contributed by atoms with Crippen LogP contribution in [0.5, 0.6) is 11.5 Å². The summed E-state index contributed by atoms with van der Waals surface area (Å²) in [5.41, 5.74) is 3.13. The molecular weight excluding hydrogens is 340 g/mol. The number of hydrogen-bond acceptors (Lipinski definition) is 3. The number of amides is 2. The van der Waals surface area contributed by atoms with Crippen LogP contribution < -0.4 is 14.8 Å². The van der Waals surface area contributed by atoms with Gasteiger partial charge in [0.15, 0.2) is 11.5 Å². The van der Waals surface area contributed by atoms with Crippen molar-refractivity contribution in [1.29, 1.82) is 0 Å². The molecule has 5 nitrogen and oxygen atoms in total. The van der Waals surface area contributed by atoms with Gasteiger partial charge in [-0.25, -0.2) is 4.79 Å². The van der Waals surface area contributed by atoms with Crippen LogP contribution in [0.4, 0.5) is 10.5 Å². The van der Waals surface area contributed by atoms with E-state index < -0.39 is 0 Å². The molecule has 1 atom stereocenters. The molecule has 2 aromatic carbocycles. The Morgan fingerprint density at radius 1 is 1.04 bits per heavy atom. The lowest BCUT2D eigenvalue weighted by atomic mass is 9.99. The number of carbonyl (C=O) groups excluding carboxylic acids is 1. The van der Waals surface area contributed by atoms with E-state index in [1.165, 1.54) is 11.1 Å². The Bertz CT molecular complexity index is 791. The van der Waals surface area contributed by atoms with E-state index in [0.717, 1.165) is 32.2 Å². The number of rotatable bonds is 4. The largest absolute Gasteiger partial charge is 0.493 e. The predicted octanol–water partition coefficient (Wildman–Crippen LogP) is 5.16. The standard InChI is InChI=1S/C22H28N2O3/c1-16-8-7-9-17(14-16)19-10-5-4-6-13-24(19)22(25)23-18-11-12-20(26-2)21(15-18)27-3/h7-9,11-12,14-15,19H,4-6,10,13H2,1-3H3,(H,23,25)/t19-/m0/s1. The molecular formula is C22H28N2O3. The molecule has 0 spiro atoms. The van der Waals surface area contributed by atoms with Crippen molar-refractivity contribution in [3.05, 3.63) is 53.6 Å². The van der Waals surface area contributed by atoms with Gasteiger partial charge >= 0.3 is 6.03 Å². The quantitative estimate of drug-likeness (QED) is 0.811. The number of ether oxygens (including phenoxy) is 2. The highest BCUT2D eigenvalue weighted by Crippen LogP contribution is 2.33. The van der Waals surface area contributed by atoms with Gasteiger partial charge in [-0.3, -0.25) is 0 Å². The lowest BCUT2D eigenvalue weighted by Crippen LogP contribution is -2.38. The number of carbonyl (C=O) groups is 1. The summed E-state index contributed by atoms with van der Waals surface area (Å²) in [5, 5.41) is 3.03. The molecule has 2 aromatic rings. The Kier molecular flexibility index (Phi) is 6.22. The van der Waals surface area contributed by atoms with Crippen LogP contribution >= 0.6 is 0 Å². The number of likely N-dealkylation sites (tertiary alicyclic amines) is 1. The van der Waals surface area contributed by atoms with Crippen LogP contribution in [0.15, 0.2) is 42.5 Å². The first kappa shape index (κ1) is 19.1. The summed E-state index contributed by atoms with van der Waals surface area (Å²) in [6.07, 6.45) is 4.31. The molecule has 1 aliphatic rings. The van der Waals surface area contributed by atoms with Gasteiger partial charge < -0.3 is 19.7 Å². The molecule has 144 valence electrons. The van der Waals surface area contributed by atoms with E-state index in [1.54, 1.807) is 26.4 Å². The van der Waals surface area contributed by atoms with Crippen LogP contribution in [-0.2, 0) is 0 Å². The van der Waals surface area contributed by atoms with Crippen molar-refractivity contribution in [2.75, 3.05) is 26.1 Å². The van der Waals surface area contributed by atoms with E-state index in [-0.39, 0.29) is 12.1 Å². The number of urea groups is 1. The van der Waals surface area contributed by atoms with Crippen molar-refractivity contribution in [2.24, 2.45) is 0 Å². The summed E-state index contributed by atoms with van der Waals surface area (Å²) >= 11 is 0. The molecule has 3 rings (SSSR count). The summed E-state index contributed by atoms with van der Waals surface area (Å²) < 4.78 is 10.6. The highest BCUT2D eigenvalue weighted by atomic mass is 16.5. The molecule has 2 amide bonds. The number of benzene rings is 2. The van der Waals surface area contributed by atoms with Crippen LogP contribution in [0, 0.1) is 6.92 Å². The van der Waals surface area contributed by atoms with Crippen molar-refractivity contribution in [2.45, 2.75) is 38.6 Å². The highest BCUT2D eigenvalue weighted by molar-refractivity contribution is 5.90. The highest BCUT2D eigenvalue weighted by Gasteiger charge is 2.27. The second kappa shape index (κ2) is 8.80. The fourth-order valence-corrected chi connectivity index (χ4v) is 3.68. The van der Waals surface area contributed by atoms with Crippen molar-refractivity contribution in [1.82, 2.24) is 4.90 Å². The minimum atomic E-state index is -0.0735. The molecule has 1 fully saturated rings. The van der Waals surface area contributed by atoms with Crippen LogP contribution in [0.25, 0.3) is 0 Å². The molecule has 1 aliphatic heterocycles. The minimum Gasteiger partial charge on any atom is -0.493 e. The van der Waals surface area contributed by atoms with E-state index in [2.05, 4.69) is 36.5 Å². The zero-order valence-electron chi connectivity index (χ0n) is 16.3. The number of anilines is 1. The summed E-state index contributed by atoms with van der Waals surface area (Å²) in [6.45, 7) is 2.85. The van der Waals surface area contributed by atoms with Crippen LogP contribution in [0.2, 0.25) is 0 Å². The zero-order chi connectivity index (χ0) is 19.2. The Hall–Kier alpha value is -2.69. The first-order chi connectivity index (χ1) is 13.1. The molecule has 5 heteroatoms. The van der Waals surface area contributed by atoms with E-state index in [1.807, 2.05) is 11.0 Å². The van der Waals surface area contributed by atoms with Crippen molar-refractivity contribution in [3.63, 3.8) is 0 Å². The monoisotopic (exact) mass is 368 g/mol. The Balaban J connectivity index is 1.82. The maximum atomic E-state index is 13.1. The summed E-state index contributed by atoms with van der Waals surface area (Å²) in [7, 11) is 3.19. The van der Waals surface area contributed by atoms with E-state index in [9.17, 15) is 4.79 Å². The maximum absolute atomic E-state index is 13.1. The van der Waals surface area contributed by atoms with Gasteiger partial charge in [0.25, 0.3) is 0 Å². The summed E-state index contributed by atoms with van der Waals surface area (Å²) in [6, 6.07) is 13.9. The molecule has 0 radical (unpaired) electrons. The Morgan fingerprint density at radius 2 is 1.85 bits per heavy atom. The van der Waals surface area contributed by atoms with Gasteiger partial charge in [-0.15, -0.1) is 0 Å². The third kappa shape index (κ3) is 4.54. The number of nitrogens with zero attached hydrogens (tertiary/aromatic N) is 1. The lowest BCUT2D eigenvalue weighted by molar-refractivity contribution is 0.189. The molecule has 1 saturated heterocycles. The average molecular weight is 368 g/mol. The second-order valence-corrected chi connectivity index (χ2v) is 6.97. The third-order valence-corrected chi connectivity index (χ3v) is 5.08. The third-order valence-electron chi connectivity index (χ3n) is 5.08. The topological polar surface area (TPSA) is 50.8 Å². The van der Waals surface area contributed by atoms with Gasteiger partial charge in [0.1, 0.15) is 0 Å². The van der Waals surface area contributed by atoms with E-state index in [0.29, 0.717) is 17.2 Å². The zero-order valence-corrected chi connectivity index (χ0v) is 16.3.